The molecule has 114 valence electrons. The molecule has 1 aromatic carbocycles. The molecule has 3 rings (SSSR count). The lowest BCUT2D eigenvalue weighted by atomic mass is 9.93. The predicted octanol–water partition coefficient (Wildman–Crippen LogP) is 2.03. The lowest BCUT2D eigenvalue weighted by Crippen LogP contribution is -2.45. The summed E-state index contributed by atoms with van der Waals surface area (Å²) < 4.78 is 5.60. The Bertz CT molecular complexity index is 524. The first-order valence-corrected chi connectivity index (χ1v) is 7.60. The number of amides is 2. The average molecular weight is 290 g/mol. The number of aliphatic hydroxyl groups is 1. The molecule has 3 N–H and O–H groups in total. The number of urea groups is 1. The minimum absolute atomic E-state index is 0.0888. The van der Waals surface area contributed by atoms with Crippen molar-refractivity contribution in [3.63, 3.8) is 0 Å². The fraction of sp³-hybridized carbons (Fsp3) is 0.562. The Balaban J connectivity index is 1.56. The van der Waals surface area contributed by atoms with E-state index in [2.05, 4.69) is 16.7 Å². The SMILES string of the molecule is Cc1ccc2c(c1)C(NC(=O)NC1CCC(O)CC1)CO2. The molecule has 0 radical (unpaired) electrons. The van der Waals surface area contributed by atoms with Gasteiger partial charge in [-0.3, -0.25) is 0 Å². The molecule has 1 fully saturated rings. The number of hydrogen-bond donors (Lipinski definition) is 3. The summed E-state index contributed by atoms with van der Waals surface area (Å²) in [5.41, 5.74) is 2.21. The van der Waals surface area contributed by atoms with Crippen molar-refractivity contribution in [3.8, 4) is 5.75 Å². The third-order valence-corrected chi connectivity index (χ3v) is 4.28. The summed E-state index contributed by atoms with van der Waals surface area (Å²) in [5.74, 6) is 0.853. The predicted molar refractivity (Wildman–Crippen MR) is 79.3 cm³/mol. The van der Waals surface area contributed by atoms with Crippen molar-refractivity contribution in [3.05, 3.63) is 29.3 Å². The van der Waals surface area contributed by atoms with Gasteiger partial charge in [-0.15, -0.1) is 0 Å². The van der Waals surface area contributed by atoms with Crippen LogP contribution in [0.1, 0.15) is 42.9 Å². The average Bonchev–Trinajstić information content (AvgIpc) is 2.84. The summed E-state index contributed by atoms with van der Waals surface area (Å²) in [6.45, 7) is 2.51. The highest BCUT2D eigenvalue weighted by molar-refractivity contribution is 5.75. The van der Waals surface area contributed by atoms with E-state index in [0.29, 0.717) is 6.61 Å². The molecule has 1 aromatic rings. The molecule has 1 unspecified atom stereocenters. The van der Waals surface area contributed by atoms with Crippen molar-refractivity contribution in [1.29, 1.82) is 0 Å². The van der Waals surface area contributed by atoms with Crippen molar-refractivity contribution in [2.75, 3.05) is 6.61 Å². The first kappa shape index (κ1) is 14.2. The molecule has 1 aliphatic heterocycles. The molecule has 0 saturated heterocycles. The monoisotopic (exact) mass is 290 g/mol. The maximum atomic E-state index is 12.1. The highest BCUT2D eigenvalue weighted by atomic mass is 16.5. The normalized spacial score (nSPS) is 27.6. The molecule has 2 aliphatic rings. The Kier molecular flexibility index (Phi) is 4.01. The second-order valence-electron chi connectivity index (χ2n) is 6.03. The third kappa shape index (κ3) is 3.29. The first-order chi connectivity index (χ1) is 10.1. The van der Waals surface area contributed by atoms with E-state index in [4.69, 9.17) is 4.74 Å². The number of carbonyl (C=O) groups is 1. The van der Waals surface area contributed by atoms with E-state index in [1.165, 1.54) is 0 Å². The number of aryl methyl sites for hydroxylation is 1. The molecular formula is C16H22N2O3. The Morgan fingerprint density at radius 2 is 2.00 bits per heavy atom. The number of aliphatic hydroxyl groups excluding tert-OH is 1. The van der Waals surface area contributed by atoms with Crippen LogP contribution in [0.3, 0.4) is 0 Å². The molecular weight excluding hydrogens is 268 g/mol. The molecule has 1 saturated carbocycles. The van der Waals surface area contributed by atoms with E-state index in [0.717, 1.165) is 42.6 Å². The molecule has 21 heavy (non-hydrogen) atoms. The van der Waals surface area contributed by atoms with E-state index in [1.54, 1.807) is 0 Å². The number of ether oxygens (including phenoxy) is 1. The van der Waals surface area contributed by atoms with Gasteiger partial charge in [-0.05, 0) is 38.7 Å². The van der Waals surface area contributed by atoms with Gasteiger partial charge in [0.2, 0.25) is 0 Å². The molecule has 1 aliphatic carbocycles. The molecule has 2 amide bonds. The van der Waals surface area contributed by atoms with Gasteiger partial charge in [0, 0.05) is 11.6 Å². The molecule has 5 heteroatoms. The summed E-state index contributed by atoms with van der Waals surface area (Å²) in [5, 5.41) is 15.5. The van der Waals surface area contributed by atoms with Gasteiger partial charge in [-0.1, -0.05) is 17.7 Å². The Morgan fingerprint density at radius 3 is 2.76 bits per heavy atom. The van der Waals surface area contributed by atoms with Gasteiger partial charge in [0.05, 0.1) is 12.1 Å². The van der Waals surface area contributed by atoms with Crippen LogP contribution in [0.25, 0.3) is 0 Å². The zero-order chi connectivity index (χ0) is 14.8. The second-order valence-corrected chi connectivity index (χ2v) is 6.03. The smallest absolute Gasteiger partial charge is 0.315 e. The first-order valence-electron chi connectivity index (χ1n) is 7.60. The van der Waals surface area contributed by atoms with Crippen LogP contribution < -0.4 is 15.4 Å². The zero-order valence-electron chi connectivity index (χ0n) is 12.3. The number of rotatable bonds is 2. The topological polar surface area (TPSA) is 70.6 Å². The maximum Gasteiger partial charge on any atom is 0.315 e. The Labute approximate surface area is 124 Å². The number of benzene rings is 1. The summed E-state index contributed by atoms with van der Waals surface area (Å²) in [7, 11) is 0. The van der Waals surface area contributed by atoms with E-state index < -0.39 is 0 Å². The third-order valence-electron chi connectivity index (χ3n) is 4.28. The molecule has 0 spiro atoms. The zero-order valence-corrected chi connectivity index (χ0v) is 12.3. The quantitative estimate of drug-likeness (QED) is 0.780. The maximum absolute atomic E-state index is 12.1. The number of hydrogen-bond acceptors (Lipinski definition) is 3. The lowest BCUT2D eigenvalue weighted by molar-refractivity contribution is 0.117. The van der Waals surface area contributed by atoms with Crippen LogP contribution in [-0.2, 0) is 0 Å². The highest BCUT2D eigenvalue weighted by Crippen LogP contribution is 2.32. The van der Waals surface area contributed by atoms with Crippen molar-refractivity contribution < 1.29 is 14.6 Å². The van der Waals surface area contributed by atoms with E-state index in [-0.39, 0.29) is 24.2 Å². The van der Waals surface area contributed by atoms with Gasteiger partial charge in [0.15, 0.2) is 0 Å². The van der Waals surface area contributed by atoms with E-state index in [9.17, 15) is 9.90 Å². The standard InChI is InChI=1S/C16H22N2O3/c1-10-2-7-15-13(8-10)14(9-21-15)18-16(20)17-11-3-5-12(19)6-4-11/h2,7-8,11-12,14,19H,3-6,9H2,1H3,(H2,17,18,20). The van der Waals surface area contributed by atoms with Gasteiger partial charge in [-0.25, -0.2) is 4.79 Å². The molecule has 1 heterocycles. The molecule has 1 atom stereocenters. The van der Waals surface area contributed by atoms with Crippen molar-refractivity contribution in [1.82, 2.24) is 10.6 Å². The molecule has 0 bridgehead atoms. The van der Waals surface area contributed by atoms with Gasteiger partial charge in [0.1, 0.15) is 12.4 Å². The number of carbonyl (C=O) groups excluding carboxylic acids is 1. The minimum Gasteiger partial charge on any atom is -0.491 e. The van der Waals surface area contributed by atoms with Crippen LogP contribution in [0.2, 0.25) is 0 Å². The fourth-order valence-corrected chi connectivity index (χ4v) is 3.06. The van der Waals surface area contributed by atoms with Gasteiger partial charge >= 0.3 is 6.03 Å². The van der Waals surface area contributed by atoms with Gasteiger partial charge in [-0.2, -0.15) is 0 Å². The van der Waals surface area contributed by atoms with E-state index in [1.807, 2.05) is 19.1 Å². The number of nitrogens with one attached hydrogen (secondary N) is 2. The van der Waals surface area contributed by atoms with E-state index >= 15 is 0 Å². The number of fused-ring (bicyclic) bond motifs is 1. The van der Waals surface area contributed by atoms with Crippen molar-refractivity contribution in [2.45, 2.75) is 50.8 Å². The van der Waals surface area contributed by atoms with Crippen LogP contribution >= 0.6 is 0 Å². The van der Waals surface area contributed by atoms with Gasteiger partial charge < -0.3 is 20.5 Å². The summed E-state index contributed by atoms with van der Waals surface area (Å²) >= 11 is 0. The summed E-state index contributed by atoms with van der Waals surface area (Å²) in [6, 6.07) is 5.94. The highest BCUT2D eigenvalue weighted by Gasteiger charge is 2.27. The Morgan fingerprint density at radius 1 is 1.24 bits per heavy atom. The second kappa shape index (κ2) is 5.93. The Hall–Kier alpha value is -1.75. The fourth-order valence-electron chi connectivity index (χ4n) is 3.06. The molecule has 0 aromatic heterocycles. The lowest BCUT2D eigenvalue weighted by Gasteiger charge is -2.26. The summed E-state index contributed by atoms with van der Waals surface area (Å²) in [6.07, 6.45) is 3.00. The van der Waals surface area contributed by atoms with Crippen molar-refractivity contribution in [2.24, 2.45) is 0 Å². The van der Waals surface area contributed by atoms with Crippen molar-refractivity contribution >= 4 is 6.03 Å². The van der Waals surface area contributed by atoms with Crippen LogP contribution in [0.15, 0.2) is 18.2 Å². The van der Waals surface area contributed by atoms with Crippen LogP contribution in [0.5, 0.6) is 5.75 Å². The van der Waals surface area contributed by atoms with Crippen LogP contribution in [-0.4, -0.2) is 29.9 Å². The molecule has 5 nitrogen and oxygen atoms in total. The largest absolute Gasteiger partial charge is 0.491 e. The van der Waals surface area contributed by atoms with Crippen LogP contribution in [0, 0.1) is 6.92 Å². The summed E-state index contributed by atoms with van der Waals surface area (Å²) in [4.78, 5) is 12.1. The van der Waals surface area contributed by atoms with Gasteiger partial charge in [0.25, 0.3) is 0 Å². The minimum atomic E-state index is -0.204. The van der Waals surface area contributed by atoms with Crippen LogP contribution in [0.4, 0.5) is 4.79 Å².